The van der Waals surface area contributed by atoms with Gasteiger partial charge in [0.2, 0.25) is 0 Å². The predicted molar refractivity (Wildman–Crippen MR) is 111 cm³/mol. The molecule has 0 aliphatic carbocycles. The summed E-state index contributed by atoms with van der Waals surface area (Å²) in [5.41, 5.74) is 1.38. The van der Waals surface area contributed by atoms with Crippen molar-refractivity contribution in [1.82, 2.24) is 9.80 Å². The number of nitrogens with zero attached hydrogens (tertiary/aromatic N) is 3. The molecule has 2 aromatic carbocycles. The number of hydrogen-bond donors (Lipinski definition) is 0. The Morgan fingerprint density at radius 3 is 2.46 bits per heavy atom. The van der Waals surface area contributed by atoms with Crippen molar-refractivity contribution in [2.45, 2.75) is 41.5 Å². The molecule has 0 saturated carbocycles. The minimum absolute atomic E-state index is 0.112. The number of likely N-dealkylation sites (tertiary alicyclic amines) is 2. The van der Waals surface area contributed by atoms with Gasteiger partial charge in [0.1, 0.15) is 6.07 Å². The molecule has 2 aliphatic rings. The van der Waals surface area contributed by atoms with Gasteiger partial charge in [-0.25, -0.2) is 0 Å². The molecular weight excluding hydrogens is 366 g/mol. The van der Waals surface area contributed by atoms with Gasteiger partial charge in [-0.05, 0) is 63.0 Å². The maximum absolute atomic E-state index is 13.4. The summed E-state index contributed by atoms with van der Waals surface area (Å²) in [6.07, 6.45) is 4.82. The number of carbonyl (C=O) groups is 1. The van der Waals surface area contributed by atoms with Crippen LogP contribution < -0.4 is 0 Å². The smallest absolute Gasteiger partial charge is 0.255 e. The van der Waals surface area contributed by atoms with Crippen LogP contribution in [-0.2, 0) is 0 Å². The van der Waals surface area contributed by atoms with Crippen LogP contribution in [0.4, 0.5) is 0 Å². The van der Waals surface area contributed by atoms with Gasteiger partial charge in [-0.1, -0.05) is 36.0 Å². The summed E-state index contributed by atoms with van der Waals surface area (Å²) in [6.45, 7) is 4.00. The van der Waals surface area contributed by atoms with Gasteiger partial charge in [0.05, 0.1) is 11.1 Å². The highest BCUT2D eigenvalue weighted by Gasteiger charge is 2.30. The fourth-order valence-electron chi connectivity index (χ4n) is 4.21. The Morgan fingerprint density at radius 2 is 1.68 bits per heavy atom. The van der Waals surface area contributed by atoms with Crippen molar-refractivity contribution >= 4 is 17.7 Å². The molecular formula is C23H25N3OS. The van der Waals surface area contributed by atoms with Crippen LogP contribution >= 0.6 is 11.8 Å². The lowest BCUT2D eigenvalue weighted by Crippen LogP contribution is -2.49. The lowest BCUT2D eigenvalue weighted by Gasteiger charge is -2.37. The maximum atomic E-state index is 13.4. The number of piperidine rings is 1. The monoisotopic (exact) mass is 391 g/mol. The Bertz CT molecular complexity index is 885. The molecule has 2 heterocycles. The molecule has 144 valence electrons. The standard InChI is InChI=1S/C23H25N3OS/c24-16-18-8-1-3-11-21(18)28-22-12-4-2-10-20(22)23(27)26-15-7-9-19(17-26)25-13-5-6-14-25/h1-4,8,10-12,19H,5-7,9,13-15,17H2. The summed E-state index contributed by atoms with van der Waals surface area (Å²) in [7, 11) is 0. The van der Waals surface area contributed by atoms with E-state index in [2.05, 4.69) is 11.0 Å². The van der Waals surface area contributed by atoms with E-state index in [1.807, 2.05) is 53.4 Å². The van der Waals surface area contributed by atoms with Crippen molar-refractivity contribution in [1.29, 1.82) is 5.26 Å². The molecule has 2 aliphatic heterocycles. The fraction of sp³-hybridized carbons (Fsp3) is 0.391. The summed E-state index contributed by atoms with van der Waals surface area (Å²) in [6, 6.07) is 18.1. The number of nitriles is 1. The van der Waals surface area contributed by atoms with Crippen LogP contribution in [0.25, 0.3) is 0 Å². The zero-order valence-corrected chi connectivity index (χ0v) is 16.8. The Balaban J connectivity index is 1.54. The van der Waals surface area contributed by atoms with E-state index in [-0.39, 0.29) is 5.91 Å². The normalized spacial score (nSPS) is 20.1. The van der Waals surface area contributed by atoms with E-state index < -0.39 is 0 Å². The van der Waals surface area contributed by atoms with Crippen molar-refractivity contribution < 1.29 is 4.79 Å². The van der Waals surface area contributed by atoms with Crippen LogP contribution in [0.3, 0.4) is 0 Å². The Morgan fingerprint density at radius 1 is 0.964 bits per heavy atom. The van der Waals surface area contributed by atoms with E-state index in [1.54, 1.807) is 0 Å². The third kappa shape index (κ3) is 4.09. The zero-order chi connectivity index (χ0) is 19.3. The largest absolute Gasteiger partial charge is 0.337 e. The maximum Gasteiger partial charge on any atom is 0.255 e. The molecule has 1 atom stereocenters. The van der Waals surface area contributed by atoms with Gasteiger partial charge >= 0.3 is 0 Å². The van der Waals surface area contributed by atoms with Gasteiger partial charge in [0.25, 0.3) is 5.91 Å². The van der Waals surface area contributed by atoms with E-state index in [9.17, 15) is 10.1 Å². The second kappa shape index (κ2) is 8.81. The van der Waals surface area contributed by atoms with Crippen molar-refractivity contribution in [2.24, 2.45) is 0 Å². The lowest BCUT2D eigenvalue weighted by molar-refractivity contribution is 0.0604. The van der Waals surface area contributed by atoms with E-state index in [1.165, 1.54) is 44.1 Å². The van der Waals surface area contributed by atoms with Crippen LogP contribution in [0, 0.1) is 11.3 Å². The first-order chi connectivity index (χ1) is 13.8. The molecule has 0 N–H and O–H groups in total. The predicted octanol–water partition coefficient (Wildman–Crippen LogP) is 4.41. The molecule has 4 nitrogen and oxygen atoms in total. The van der Waals surface area contributed by atoms with Crippen molar-refractivity contribution in [3.8, 4) is 6.07 Å². The molecule has 5 heteroatoms. The molecule has 2 saturated heterocycles. The second-order valence-electron chi connectivity index (χ2n) is 7.50. The highest BCUT2D eigenvalue weighted by molar-refractivity contribution is 7.99. The molecule has 2 aromatic rings. The van der Waals surface area contributed by atoms with Gasteiger partial charge in [-0.15, -0.1) is 0 Å². The molecule has 0 aromatic heterocycles. The van der Waals surface area contributed by atoms with Gasteiger partial charge in [-0.3, -0.25) is 9.69 Å². The topological polar surface area (TPSA) is 47.3 Å². The SMILES string of the molecule is N#Cc1ccccc1Sc1ccccc1C(=O)N1CCCC(N2CCCC2)C1. The number of rotatable bonds is 4. The van der Waals surface area contributed by atoms with Crippen LogP contribution in [0.15, 0.2) is 58.3 Å². The molecule has 4 rings (SSSR count). The third-order valence-electron chi connectivity index (χ3n) is 5.69. The molecule has 0 spiro atoms. The van der Waals surface area contributed by atoms with Crippen LogP contribution in [-0.4, -0.2) is 47.9 Å². The number of carbonyl (C=O) groups excluding carboxylic acids is 1. The average molecular weight is 392 g/mol. The molecule has 2 fully saturated rings. The van der Waals surface area contributed by atoms with Crippen LogP contribution in [0.2, 0.25) is 0 Å². The molecule has 1 amide bonds. The summed E-state index contributed by atoms with van der Waals surface area (Å²) >= 11 is 1.50. The van der Waals surface area contributed by atoms with Gasteiger partial charge in [-0.2, -0.15) is 5.26 Å². The summed E-state index contributed by atoms with van der Waals surface area (Å²) < 4.78 is 0. The van der Waals surface area contributed by atoms with Crippen molar-refractivity contribution in [3.05, 3.63) is 59.7 Å². The van der Waals surface area contributed by atoms with Gasteiger partial charge in [0, 0.05) is 28.9 Å². The number of benzene rings is 2. The summed E-state index contributed by atoms with van der Waals surface area (Å²) in [5.74, 6) is 0.112. The summed E-state index contributed by atoms with van der Waals surface area (Å²) in [4.78, 5) is 19.7. The van der Waals surface area contributed by atoms with Gasteiger partial charge < -0.3 is 4.90 Å². The van der Waals surface area contributed by atoms with Gasteiger partial charge in [0.15, 0.2) is 0 Å². The first-order valence-electron chi connectivity index (χ1n) is 10.1. The number of hydrogen-bond acceptors (Lipinski definition) is 4. The summed E-state index contributed by atoms with van der Waals surface area (Å²) in [5, 5.41) is 9.37. The Kier molecular flexibility index (Phi) is 5.99. The molecule has 0 bridgehead atoms. The average Bonchev–Trinajstić information content (AvgIpc) is 3.29. The Hall–Kier alpha value is -2.29. The van der Waals surface area contributed by atoms with E-state index in [0.29, 0.717) is 11.6 Å². The van der Waals surface area contributed by atoms with Crippen molar-refractivity contribution in [3.63, 3.8) is 0 Å². The fourth-order valence-corrected chi connectivity index (χ4v) is 5.23. The van der Waals surface area contributed by atoms with E-state index in [4.69, 9.17) is 0 Å². The minimum Gasteiger partial charge on any atom is -0.337 e. The number of amides is 1. The highest BCUT2D eigenvalue weighted by Crippen LogP contribution is 2.33. The van der Waals surface area contributed by atoms with E-state index >= 15 is 0 Å². The zero-order valence-electron chi connectivity index (χ0n) is 16.0. The highest BCUT2D eigenvalue weighted by atomic mass is 32.2. The first-order valence-corrected chi connectivity index (χ1v) is 10.9. The third-order valence-corrected chi connectivity index (χ3v) is 6.84. The lowest BCUT2D eigenvalue weighted by atomic mass is 10.0. The molecule has 1 unspecified atom stereocenters. The second-order valence-corrected chi connectivity index (χ2v) is 8.58. The van der Waals surface area contributed by atoms with E-state index in [0.717, 1.165) is 34.9 Å². The minimum atomic E-state index is 0.112. The van der Waals surface area contributed by atoms with Crippen LogP contribution in [0.5, 0.6) is 0 Å². The Labute approximate surface area is 171 Å². The quantitative estimate of drug-likeness (QED) is 0.775. The first kappa shape index (κ1) is 19.0. The van der Waals surface area contributed by atoms with Crippen molar-refractivity contribution in [2.75, 3.05) is 26.2 Å². The van der Waals surface area contributed by atoms with Crippen LogP contribution in [0.1, 0.15) is 41.6 Å². The molecule has 0 radical (unpaired) electrons. The molecule has 28 heavy (non-hydrogen) atoms.